The molecule has 0 radical (unpaired) electrons. The predicted molar refractivity (Wildman–Crippen MR) is 100 cm³/mol. The molecule has 0 spiro atoms. The standard InChI is InChI=1S/C16H24BN3O4S/c1-10(21)25-9-11(17-23-15(2,3)16(4,5)24-17)7-12-8-19-13(18)14(20-12)22-6/h7-8H,9H2,1-6H3,(H2,18,19). The van der Waals surface area contributed by atoms with Gasteiger partial charge in [-0.05, 0) is 39.2 Å². The summed E-state index contributed by atoms with van der Waals surface area (Å²) in [4.78, 5) is 19.8. The lowest BCUT2D eigenvalue weighted by molar-refractivity contribution is -0.109. The van der Waals surface area contributed by atoms with Crippen LogP contribution < -0.4 is 10.5 Å². The molecule has 1 aromatic rings. The number of carbonyl (C=O) groups is 1. The Hall–Kier alpha value is -1.58. The molecule has 2 rings (SSSR count). The Morgan fingerprint density at radius 2 is 1.96 bits per heavy atom. The van der Waals surface area contributed by atoms with Gasteiger partial charge in [-0.2, -0.15) is 0 Å². The van der Waals surface area contributed by atoms with Gasteiger partial charge in [-0.15, -0.1) is 0 Å². The fourth-order valence-electron chi connectivity index (χ4n) is 2.16. The quantitative estimate of drug-likeness (QED) is 0.795. The van der Waals surface area contributed by atoms with Crippen molar-refractivity contribution in [3.05, 3.63) is 17.4 Å². The number of anilines is 1. The number of nitrogens with zero attached hydrogens (tertiary/aromatic N) is 2. The van der Waals surface area contributed by atoms with E-state index in [2.05, 4.69) is 9.97 Å². The van der Waals surface area contributed by atoms with Gasteiger partial charge in [0.2, 0.25) is 0 Å². The van der Waals surface area contributed by atoms with Crippen LogP contribution in [-0.2, 0) is 14.1 Å². The molecule has 0 amide bonds. The lowest BCUT2D eigenvalue weighted by Gasteiger charge is -2.32. The van der Waals surface area contributed by atoms with Gasteiger partial charge in [0, 0.05) is 12.7 Å². The predicted octanol–water partition coefficient (Wildman–Crippen LogP) is 2.36. The Morgan fingerprint density at radius 1 is 1.36 bits per heavy atom. The summed E-state index contributed by atoms with van der Waals surface area (Å²) in [6, 6.07) is 0. The normalized spacial score (nSPS) is 19.1. The largest absolute Gasteiger partial charge is 0.491 e. The zero-order valence-electron chi connectivity index (χ0n) is 15.5. The highest BCUT2D eigenvalue weighted by Gasteiger charge is 2.52. The van der Waals surface area contributed by atoms with Crippen molar-refractivity contribution in [3.8, 4) is 5.88 Å². The van der Waals surface area contributed by atoms with Gasteiger partial charge >= 0.3 is 7.12 Å². The Balaban J connectivity index is 2.35. The van der Waals surface area contributed by atoms with Crippen LogP contribution in [0.25, 0.3) is 6.08 Å². The van der Waals surface area contributed by atoms with Crippen LogP contribution in [0.4, 0.5) is 5.82 Å². The molecule has 0 atom stereocenters. The SMILES string of the molecule is COc1nc(C=C(CSC(C)=O)B2OC(C)(C)C(C)(C)O2)cnc1N. The Kier molecular flexibility index (Phi) is 5.80. The van der Waals surface area contributed by atoms with Crippen molar-refractivity contribution in [2.75, 3.05) is 18.6 Å². The molecule has 2 N–H and O–H groups in total. The van der Waals surface area contributed by atoms with Gasteiger partial charge in [0.05, 0.1) is 30.2 Å². The number of carbonyl (C=O) groups excluding carboxylic acids is 1. The third-order valence-corrected chi connectivity index (χ3v) is 5.19. The molecule has 1 saturated heterocycles. The summed E-state index contributed by atoms with van der Waals surface area (Å²) < 4.78 is 17.3. The molecule has 25 heavy (non-hydrogen) atoms. The van der Waals surface area contributed by atoms with Crippen molar-refractivity contribution in [2.45, 2.75) is 45.8 Å². The number of nitrogens with two attached hydrogens (primary N) is 1. The molecule has 0 saturated carbocycles. The molecule has 0 unspecified atom stereocenters. The first kappa shape index (κ1) is 19.7. The average molecular weight is 365 g/mol. The van der Waals surface area contributed by atoms with Crippen LogP contribution in [-0.4, -0.2) is 46.3 Å². The van der Waals surface area contributed by atoms with Crippen molar-refractivity contribution in [2.24, 2.45) is 0 Å². The van der Waals surface area contributed by atoms with Gasteiger partial charge in [0.1, 0.15) is 0 Å². The summed E-state index contributed by atoms with van der Waals surface area (Å²) in [5.41, 5.74) is 6.11. The highest BCUT2D eigenvalue weighted by Crippen LogP contribution is 2.39. The van der Waals surface area contributed by atoms with Gasteiger partial charge in [0.25, 0.3) is 5.88 Å². The van der Waals surface area contributed by atoms with Crippen LogP contribution in [0.5, 0.6) is 5.88 Å². The maximum Gasteiger partial charge on any atom is 0.491 e. The molecule has 2 heterocycles. The van der Waals surface area contributed by atoms with Gasteiger partial charge in [-0.1, -0.05) is 11.8 Å². The first-order valence-electron chi connectivity index (χ1n) is 7.91. The minimum atomic E-state index is -0.567. The Morgan fingerprint density at radius 3 is 2.48 bits per heavy atom. The maximum atomic E-state index is 11.4. The van der Waals surface area contributed by atoms with Crippen molar-refractivity contribution in [1.82, 2.24) is 9.97 Å². The van der Waals surface area contributed by atoms with Gasteiger partial charge in [0.15, 0.2) is 10.9 Å². The third kappa shape index (κ3) is 4.53. The van der Waals surface area contributed by atoms with E-state index in [0.29, 0.717) is 11.4 Å². The number of rotatable bonds is 5. The fourth-order valence-corrected chi connectivity index (χ4v) is 2.75. The molecule has 0 aromatic carbocycles. The van der Waals surface area contributed by atoms with E-state index in [1.165, 1.54) is 25.8 Å². The van der Waals surface area contributed by atoms with Crippen molar-refractivity contribution in [1.29, 1.82) is 0 Å². The third-order valence-electron chi connectivity index (χ3n) is 4.31. The van der Waals surface area contributed by atoms with Crippen LogP contribution in [0.3, 0.4) is 0 Å². The van der Waals surface area contributed by atoms with Crippen molar-refractivity contribution >= 4 is 35.9 Å². The van der Waals surface area contributed by atoms with Crippen LogP contribution in [0.2, 0.25) is 0 Å². The van der Waals surface area contributed by atoms with E-state index in [1.54, 1.807) is 12.3 Å². The first-order valence-corrected chi connectivity index (χ1v) is 8.90. The minimum Gasteiger partial charge on any atom is -0.478 e. The van der Waals surface area contributed by atoms with Gasteiger partial charge < -0.3 is 19.8 Å². The van der Waals surface area contributed by atoms with E-state index in [4.69, 9.17) is 19.8 Å². The lowest BCUT2D eigenvalue weighted by Crippen LogP contribution is -2.41. The number of thioether (sulfide) groups is 1. The summed E-state index contributed by atoms with van der Waals surface area (Å²) >= 11 is 1.19. The number of ether oxygens (including phenoxy) is 1. The molecule has 0 aliphatic carbocycles. The van der Waals surface area contributed by atoms with E-state index in [-0.39, 0.29) is 16.8 Å². The Bertz CT molecular complexity index is 678. The van der Waals surface area contributed by atoms with Crippen LogP contribution in [0.15, 0.2) is 11.7 Å². The molecular formula is C16H24BN3O4S. The highest BCUT2D eigenvalue weighted by atomic mass is 32.2. The summed E-state index contributed by atoms with van der Waals surface area (Å²) in [6.07, 6.45) is 3.34. The van der Waals surface area contributed by atoms with E-state index in [9.17, 15) is 4.79 Å². The Labute approximate surface area is 152 Å². The molecule has 1 aliphatic heterocycles. The molecule has 1 fully saturated rings. The van der Waals surface area contributed by atoms with E-state index in [1.807, 2.05) is 27.7 Å². The number of hydrogen-bond donors (Lipinski definition) is 1. The second kappa shape index (κ2) is 7.35. The smallest absolute Gasteiger partial charge is 0.478 e. The first-order chi connectivity index (χ1) is 11.6. The average Bonchev–Trinajstić information content (AvgIpc) is 2.73. The van der Waals surface area contributed by atoms with E-state index >= 15 is 0 Å². The lowest BCUT2D eigenvalue weighted by atomic mass is 9.78. The molecule has 1 aromatic heterocycles. The zero-order chi connectivity index (χ0) is 18.8. The van der Waals surface area contributed by atoms with Crippen LogP contribution >= 0.6 is 11.8 Å². The number of aromatic nitrogens is 2. The summed E-state index contributed by atoms with van der Waals surface area (Å²) in [7, 11) is 0.913. The molecule has 9 heteroatoms. The van der Waals surface area contributed by atoms with Gasteiger partial charge in [-0.25, -0.2) is 9.97 Å². The molecule has 7 nitrogen and oxygen atoms in total. The zero-order valence-corrected chi connectivity index (χ0v) is 16.3. The number of nitrogen functional groups attached to an aromatic ring is 1. The summed E-state index contributed by atoms with van der Waals surface area (Å²) in [5, 5.41) is 0.0170. The second-order valence-electron chi connectivity index (χ2n) is 6.78. The molecule has 0 bridgehead atoms. The van der Waals surface area contributed by atoms with Crippen LogP contribution in [0, 0.1) is 0 Å². The maximum absolute atomic E-state index is 11.4. The minimum absolute atomic E-state index is 0.0170. The molecule has 1 aliphatic rings. The van der Waals surface area contributed by atoms with E-state index < -0.39 is 18.3 Å². The fraction of sp³-hybridized carbons (Fsp3) is 0.562. The topological polar surface area (TPSA) is 96.6 Å². The van der Waals surface area contributed by atoms with Gasteiger partial charge in [-0.3, -0.25) is 4.79 Å². The van der Waals surface area contributed by atoms with E-state index in [0.717, 1.165) is 5.47 Å². The summed E-state index contributed by atoms with van der Waals surface area (Å²) in [6.45, 7) is 9.45. The van der Waals surface area contributed by atoms with Crippen LogP contribution in [0.1, 0.15) is 40.3 Å². The molecule has 136 valence electrons. The summed E-state index contributed by atoms with van der Waals surface area (Å²) in [5.74, 6) is 0.900. The highest BCUT2D eigenvalue weighted by molar-refractivity contribution is 8.13. The molecular weight excluding hydrogens is 341 g/mol. The second-order valence-corrected chi connectivity index (χ2v) is 7.93. The van der Waals surface area contributed by atoms with Crippen molar-refractivity contribution < 1.29 is 18.8 Å². The number of methoxy groups -OCH3 is 1. The van der Waals surface area contributed by atoms with Crippen molar-refractivity contribution in [3.63, 3.8) is 0 Å². The monoisotopic (exact) mass is 365 g/mol. The number of hydrogen-bond acceptors (Lipinski definition) is 8.